The minimum atomic E-state index is -0.924. The molecule has 0 aliphatic heterocycles. The Hall–Kier alpha value is -1.84. The molecule has 2 atom stereocenters. The summed E-state index contributed by atoms with van der Waals surface area (Å²) in [7, 11) is 0. The van der Waals surface area contributed by atoms with E-state index in [1.165, 1.54) is 0 Å². The van der Waals surface area contributed by atoms with Crippen LogP contribution in [0.2, 0.25) is 5.02 Å². The molecule has 0 saturated heterocycles. The number of benzene rings is 2. The van der Waals surface area contributed by atoms with Gasteiger partial charge in [-0.15, -0.1) is 0 Å². The molecule has 0 amide bonds. The molecule has 0 aliphatic carbocycles. The van der Waals surface area contributed by atoms with Crippen LogP contribution in [0.25, 0.3) is 11.1 Å². The molecule has 116 valence electrons. The average molecular weight is 319 g/mol. The van der Waals surface area contributed by atoms with Gasteiger partial charge in [0.15, 0.2) is 6.10 Å². The smallest absolute Gasteiger partial charge is 0.332 e. The standard InChI is InChI=1S/C18H19ClO3/c1-3-17(18(20)21)22-12(2)13-4-6-14(7-5-13)15-8-10-16(19)11-9-15/h4-12,17H,3H2,1-2H3,(H,20,21). The lowest BCUT2D eigenvalue weighted by molar-refractivity contribution is -0.154. The first-order valence-corrected chi connectivity index (χ1v) is 7.63. The quantitative estimate of drug-likeness (QED) is 0.820. The molecule has 2 unspecified atom stereocenters. The Balaban J connectivity index is 2.11. The molecule has 4 heteroatoms. The lowest BCUT2D eigenvalue weighted by Crippen LogP contribution is -2.24. The maximum Gasteiger partial charge on any atom is 0.332 e. The molecule has 0 aliphatic rings. The molecule has 1 N–H and O–H groups in total. The van der Waals surface area contributed by atoms with Crippen LogP contribution in [0, 0.1) is 0 Å². The second-order valence-electron chi connectivity index (χ2n) is 5.14. The topological polar surface area (TPSA) is 46.5 Å². The number of ether oxygens (including phenoxy) is 1. The zero-order chi connectivity index (χ0) is 16.1. The number of rotatable bonds is 6. The van der Waals surface area contributed by atoms with Crippen LogP contribution in [-0.4, -0.2) is 17.2 Å². The number of carboxylic acid groups (broad SMARTS) is 1. The molecule has 0 bridgehead atoms. The SMILES string of the molecule is CCC(OC(C)c1ccc(-c2ccc(Cl)cc2)cc1)C(=O)O. The van der Waals surface area contributed by atoms with E-state index in [4.69, 9.17) is 21.4 Å². The highest BCUT2D eigenvalue weighted by molar-refractivity contribution is 6.30. The minimum Gasteiger partial charge on any atom is -0.479 e. The molecular formula is C18H19ClO3. The van der Waals surface area contributed by atoms with Crippen LogP contribution in [0.4, 0.5) is 0 Å². The number of carbonyl (C=O) groups is 1. The molecule has 22 heavy (non-hydrogen) atoms. The van der Waals surface area contributed by atoms with Gasteiger partial charge in [0, 0.05) is 5.02 Å². The van der Waals surface area contributed by atoms with E-state index in [0.29, 0.717) is 11.4 Å². The third-order valence-corrected chi connectivity index (χ3v) is 3.82. The van der Waals surface area contributed by atoms with E-state index in [1.54, 1.807) is 6.92 Å². The van der Waals surface area contributed by atoms with Gasteiger partial charge in [-0.3, -0.25) is 0 Å². The van der Waals surface area contributed by atoms with Crippen LogP contribution in [0.15, 0.2) is 48.5 Å². The van der Waals surface area contributed by atoms with E-state index < -0.39 is 12.1 Å². The monoisotopic (exact) mass is 318 g/mol. The lowest BCUT2D eigenvalue weighted by atomic mass is 10.0. The second-order valence-corrected chi connectivity index (χ2v) is 5.58. The summed E-state index contributed by atoms with van der Waals surface area (Å²) >= 11 is 5.89. The zero-order valence-corrected chi connectivity index (χ0v) is 13.4. The van der Waals surface area contributed by atoms with Crippen LogP contribution >= 0.6 is 11.6 Å². The van der Waals surface area contributed by atoms with Gasteiger partial charge in [0.1, 0.15) is 0 Å². The molecule has 0 spiro atoms. The molecule has 3 nitrogen and oxygen atoms in total. The molecular weight excluding hydrogens is 300 g/mol. The van der Waals surface area contributed by atoms with E-state index in [9.17, 15) is 4.79 Å². The van der Waals surface area contributed by atoms with Crippen molar-refractivity contribution in [1.82, 2.24) is 0 Å². The maximum atomic E-state index is 11.0. The van der Waals surface area contributed by atoms with Crippen molar-refractivity contribution in [3.05, 3.63) is 59.1 Å². The predicted octanol–water partition coefficient (Wildman–Crippen LogP) is 4.95. The van der Waals surface area contributed by atoms with Gasteiger partial charge in [0.25, 0.3) is 0 Å². The van der Waals surface area contributed by atoms with Crippen molar-refractivity contribution >= 4 is 17.6 Å². The fraction of sp³-hybridized carbons (Fsp3) is 0.278. The van der Waals surface area contributed by atoms with Crippen molar-refractivity contribution in [3.8, 4) is 11.1 Å². The van der Waals surface area contributed by atoms with Crippen LogP contribution in [0.3, 0.4) is 0 Å². The predicted molar refractivity (Wildman–Crippen MR) is 88.1 cm³/mol. The molecule has 0 fully saturated rings. The second kappa shape index (κ2) is 7.43. The van der Waals surface area contributed by atoms with Crippen LogP contribution < -0.4 is 0 Å². The van der Waals surface area contributed by atoms with Gasteiger partial charge in [0.2, 0.25) is 0 Å². The normalized spacial score (nSPS) is 13.6. The van der Waals surface area contributed by atoms with Crippen molar-refractivity contribution in [2.24, 2.45) is 0 Å². The Labute approximate surface area is 135 Å². The van der Waals surface area contributed by atoms with Crippen LogP contribution in [-0.2, 0) is 9.53 Å². The summed E-state index contributed by atoms with van der Waals surface area (Å²) < 4.78 is 5.59. The molecule has 2 aromatic rings. The van der Waals surface area contributed by atoms with Gasteiger partial charge in [-0.1, -0.05) is 54.9 Å². The highest BCUT2D eigenvalue weighted by atomic mass is 35.5. The van der Waals surface area contributed by atoms with Gasteiger partial charge in [-0.2, -0.15) is 0 Å². The van der Waals surface area contributed by atoms with E-state index in [-0.39, 0.29) is 6.10 Å². The summed E-state index contributed by atoms with van der Waals surface area (Å²) in [6.07, 6.45) is -0.589. The third-order valence-electron chi connectivity index (χ3n) is 3.57. The summed E-state index contributed by atoms with van der Waals surface area (Å²) in [5.41, 5.74) is 3.12. The summed E-state index contributed by atoms with van der Waals surface area (Å²) in [5.74, 6) is -0.924. The summed E-state index contributed by atoms with van der Waals surface area (Å²) in [4.78, 5) is 11.0. The molecule has 0 saturated carbocycles. The van der Waals surface area contributed by atoms with Gasteiger partial charge >= 0.3 is 5.97 Å². The molecule has 0 aromatic heterocycles. The average Bonchev–Trinajstić information content (AvgIpc) is 2.53. The van der Waals surface area contributed by atoms with Gasteiger partial charge in [0.05, 0.1) is 6.10 Å². The Morgan fingerprint density at radius 1 is 1.09 bits per heavy atom. The summed E-state index contributed by atoms with van der Waals surface area (Å²) in [6.45, 7) is 3.66. The maximum absolute atomic E-state index is 11.0. The van der Waals surface area contributed by atoms with Gasteiger partial charge in [-0.05, 0) is 42.2 Å². The van der Waals surface area contributed by atoms with Crippen molar-refractivity contribution in [3.63, 3.8) is 0 Å². The van der Waals surface area contributed by atoms with E-state index in [0.717, 1.165) is 16.7 Å². The van der Waals surface area contributed by atoms with Crippen molar-refractivity contribution in [2.45, 2.75) is 32.5 Å². The Morgan fingerprint density at radius 2 is 1.59 bits per heavy atom. The fourth-order valence-corrected chi connectivity index (χ4v) is 2.37. The number of hydrogen-bond donors (Lipinski definition) is 1. The van der Waals surface area contributed by atoms with E-state index in [1.807, 2.05) is 55.5 Å². The first-order valence-electron chi connectivity index (χ1n) is 7.25. The molecule has 0 heterocycles. The first-order chi connectivity index (χ1) is 10.5. The van der Waals surface area contributed by atoms with Crippen LogP contribution in [0.1, 0.15) is 31.9 Å². The molecule has 2 rings (SSSR count). The van der Waals surface area contributed by atoms with Gasteiger partial charge < -0.3 is 9.84 Å². The summed E-state index contributed by atoms with van der Waals surface area (Å²) in [5, 5.41) is 9.76. The molecule has 2 aromatic carbocycles. The molecule has 0 radical (unpaired) electrons. The lowest BCUT2D eigenvalue weighted by Gasteiger charge is -2.18. The highest BCUT2D eigenvalue weighted by Gasteiger charge is 2.19. The summed E-state index contributed by atoms with van der Waals surface area (Å²) in [6, 6.07) is 15.6. The van der Waals surface area contributed by atoms with Crippen LogP contribution in [0.5, 0.6) is 0 Å². The Bertz CT molecular complexity index is 620. The number of aliphatic carboxylic acids is 1. The van der Waals surface area contributed by atoms with Crippen molar-refractivity contribution < 1.29 is 14.6 Å². The number of carboxylic acids is 1. The zero-order valence-electron chi connectivity index (χ0n) is 12.6. The first kappa shape index (κ1) is 16.5. The highest BCUT2D eigenvalue weighted by Crippen LogP contribution is 2.25. The Morgan fingerprint density at radius 3 is 2.05 bits per heavy atom. The van der Waals surface area contributed by atoms with Gasteiger partial charge in [-0.25, -0.2) is 4.79 Å². The Kier molecular flexibility index (Phi) is 5.58. The number of hydrogen-bond acceptors (Lipinski definition) is 2. The number of halogens is 1. The fourth-order valence-electron chi connectivity index (χ4n) is 2.24. The van der Waals surface area contributed by atoms with E-state index in [2.05, 4.69) is 0 Å². The van der Waals surface area contributed by atoms with Crippen molar-refractivity contribution in [2.75, 3.05) is 0 Å². The van der Waals surface area contributed by atoms with E-state index >= 15 is 0 Å². The largest absolute Gasteiger partial charge is 0.479 e. The third kappa shape index (κ3) is 4.09. The minimum absolute atomic E-state index is 0.264. The van der Waals surface area contributed by atoms with Crippen molar-refractivity contribution in [1.29, 1.82) is 0 Å².